The van der Waals surface area contributed by atoms with E-state index in [0.29, 0.717) is 24.8 Å². The highest BCUT2D eigenvalue weighted by molar-refractivity contribution is 7.89. The average Bonchev–Trinajstić information content (AvgIpc) is 2.45. The molecule has 0 spiro atoms. The van der Waals surface area contributed by atoms with E-state index in [-0.39, 0.29) is 4.90 Å². The summed E-state index contributed by atoms with van der Waals surface area (Å²) in [4.78, 5) is 5.97. The van der Waals surface area contributed by atoms with Gasteiger partial charge >= 0.3 is 0 Å². The normalized spacial score (nSPS) is 13.4. The van der Waals surface area contributed by atoms with Gasteiger partial charge in [-0.2, -0.15) is 0 Å². The zero-order valence-corrected chi connectivity index (χ0v) is 12.9. The number of nitrogen functional groups attached to an aromatic ring is 1. The van der Waals surface area contributed by atoms with Crippen LogP contribution in [0.4, 0.5) is 5.69 Å². The predicted octanol–water partition coefficient (Wildman–Crippen LogP) is 0.376. The highest BCUT2D eigenvalue weighted by Crippen LogP contribution is 2.17. The lowest BCUT2D eigenvalue weighted by Gasteiger charge is -2.23. The summed E-state index contributed by atoms with van der Waals surface area (Å²) in [6.07, 6.45) is 3.77. The van der Waals surface area contributed by atoms with Crippen LogP contribution in [-0.2, 0) is 10.0 Å². The van der Waals surface area contributed by atoms with Gasteiger partial charge in [-0.3, -0.25) is 10.8 Å². The Bertz CT molecular complexity index is 520. The van der Waals surface area contributed by atoms with Crippen molar-refractivity contribution in [2.45, 2.75) is 31.2 Å². The smallest absolute Gasteiger partial charge is 0.244 e. The molecular formula is C12H23N5O2S. The summed E-state index contributed by atoms with van der Waals surface area (Å²) in [5.41, 5.74) is 2.68. The number of anilines is 1. The van der Waals surface area contributed by atoms with Gasteiger partial charge in [-0.15, -0.1) is 0 Å². The largest absolute Gasteiger partial charge is 0.323 e. The number of hydrogen-bond acceptors (Lipinski definition) is 6. The van der Waals surface area contributed by atoms with Crippen molar-refractivity contribution < 1.29 is 8.42 Å². The van der Waals surface area contributed by atoms with Crippen molar-refractivity contribution in [3.63, 3.8) is 0 Å². The van der Waals surface area contributed by atoms with Crippen molar-refractivity contribution in [3.05, 3.63) is 18.5 Å². The zero-order chi connectivity index (χ0) is 15.2. The fourth-order valence-electron chi connectivity index (χ4n) is 1.68. The van der Waals surface area contributed by atoms with Gasteiger partial charge < -0.3 is 10.3 Å². The molecule has 114 valence electrons. The number of nitrogens with two attached hydrogens (primary N) is 1. The molecule has 1 unspecified atom stereocenters. The third kappa shape index (κ3) is 4.41. The van der Waals surface area contributed by atoms with Crippen molar-refractivity contribution in [2.75, 3.05) is 25.6 Å². The molecule has 1 aromatic heterocycles. The molecule has 0 saturated carbocycles. The van der Waals surface area contributed by atoms with Crippen LogP contribution in [0.3, 0.4) is 0 Å². The van der Waals surface area contributed by atoms with E-state index in [1.165, 1.54) is 18.5 Å². The lowest BCUT2D eigenvalue weighted by atomic mass is 10.2. The molecule has 0 aromatic carbocycles. The Morgan fingerprint density at radius 3 is 2.80 bits per heavy atom. The maximum Gasteiger partial charge on any atom is 0.244 e. The Kier molecular flexibility index (Phi) is 6.34. The van der Waals surface area contributed by atoms with Gasteiger partial charge in [0, 0.05) is 31.5 Å². The van der Waals surface area contributed by atoms with Crippen LogP contribution in [0.2, 0.25) is 0 Å². The Morgan fingerprint density at radius 2 is 2.20 bits per heavy atom. The monoisotopic (exact) mass is 301 g/mol. The number of aromatic nitrogens is 1. The first-order valence-electron chi connectivity index (χ1n) is 6.53. The van der Waals surface area contributed by atoms with Gasteiger partial charge in [-0.05, 0) is 26.5 Å². The van der Waals surface area contributed by atoms with E-state index in [9.17, 15) is 8.42 Å². The number of hydrogen-bond donors (Lipinski definition) is 3. The molecule has 20 heavy (non-hydrogen) atoms. The van der Waals surface area contributed by atoms with Crippen LogP contribution < -0.4 is 16.0 Å². The van der Waals surface area contributed by atoms with E-state index >= 15 is 0 Å². The van der Waals surface area contributed by atoms with E-state index in [1.54, 1.807) is 0 Å². The number of hydrazine groups is 1. The molecule has 1 aromatic rings. The summed E-state index contributed by atoms with van der Waals surface area (Å²) in [7, 11) is -1.64. The summed E-state index contributed by atoms with van der Waals surface area (Å²) in [5.74, 6) is 5.30. The molecule has 0 saturated heterocycles. The summed E-state index contributed by atoms with van der Waals surface area (Å²) in [6.45, 7) is 5.17. The van der Waals surface area contributed by atoms with Crippen LogP contribution in [0.1, 0.15) is 20.3 Å². The molecule has 1 atom stereocenters. The Balaban J connectivity index is 2.67. The number of pyridine rings is 1. The standard InChI is InChI=1S/C12H23N5O2S/c1-4-10(2)17(3)8-7-15-20(18,19)12-9-14-6-5-11(12)16-13/h5-6,9-10,15H,4,7-8,13H2,1-3H3,(H,14,16). The van der Waals surface area contributed by atoms with Crippen LogP contribution in [0.25, 0.3) is 0 Å². The number of rotatable bonds is 8. The zero-order valence-electron chi connectivity index (χ0n) is 12.1. The van der Waals surface area contributed by atoms with Gasteiger partial charge in [0.25, 0.3) is 0 Å². The maximum absolute atomic E-state index is 12.2. The predicted molar refractivity (Wildman–Crippen MR) is 79.6 cm³/mol. The van der Waals surface area contributed by atoms with Crippen LogP contribution in [0, 0.1) is 0 Å². The summed E-state index contributed by atoms with van der Waals surface area (Å²) in [5, 5.41) is 0. The number of sulfonamides is 1. The summed E-state index contributed by atoms with van der Waals surface area (Å²) < 4.78 is 26.9. The fraction of sp³-hybridized carbons (Fsp3) is 0.583. The third-order valence-electron chi connectivity index (χ3n) is 3.33. The van der Waals surface area contributed by atoms with E-state index in [0.717, 1.165) is 6.42 Å². The molecule has 0 amide bonds. The maximum atomic E-state index is 12.2. The van der Waals surface area contributed by atoms with Gasteiger partial charge in [-0.1, -0.05) is 6.92 Å². The fourth-order valence-corrected chi connectivity index (χ4v) is 2.81. The molecule has 0 aliphatic rings. The Hall–Kier alpha value is -1.22. The third-order valence-corrected chi connectivity index (χ3v) is 4.82. The molecule has 0 aliphatic carbocycles. The molecule has 4 N–H and O–H groups in total. The SMILES string of the molecule is CCC(C)N(C)CCNS(=O)(=O)c1cnccc1NN. The highest BCUT2D eigenvalue weighted by atomic mass is 32.2. The van der Waals surface area contributed by atoms with Crippen molar-refractivity contribution in [3.8, 4) is 0 Å². The van der Waals surface area contributed by atoms with Crippen LogP contribution in [0.5, 0.6) is 0 Å². The summed E-state index contributed by atoms with van der Waals surface area (Å²) >= 11 is 0. The first-order chi connectivity index (χ1) is 9.42. The van der Waals surface area contributed by atoms with E-state index in [4.69, 9.17) is 5.84 Å². The molecule has 0 aliphatic heterocycles. The molecule has 7 nitrogen and oxygen atoms in total. The number of likely N-dealkylation sites (N-methyl/N-ethyl adjacent to an activating group) is 1. The Morgan fingerprint density at radius 1 is 1.50 bits per heavy atom. The van der Waals surface area contributed by atoms with Crippen molar-refractivity contribution in [1.82, 2.24) is 14.6 Å². The van der Waals surface area contributed by atoms with Crippen LogP contribution in [-0.4, -0.2) is 44.5 Å². The topological polar surface area (TPSA) is 100 Å². The number of nitrogens with one attached hydrogen (secondary N) is 2. The Labute approximate surface area is 120 Å². The van der Waals surface area contributed by atoms with Crippen molar-refractivity contribution >= 4 is 15.7 Å². The van der Waals surface area contributed by atoms with E-state index in [2.05, 4.69) is 33.9 Å². The molecule has 1 rings (SSSR count). The van der Waals surface area contributed by atoms with E-state index in [1.807, 2.05) is 7.05 Å². The van der Waals surface area contributed by atoms with Crippen molar-refractivity contribution in [2.24, 2.45) is 5.84 Å². The highest BCUT2D eigenvalue weighted by Gasteiger charge is 2.18. The van der Waals surface area contributed by atoms with Crippen LogP contribution in [0.15, 0.2) is 23.4 Å². The van der Waals surface area contributed by atoms with Gasteiger partial charge in [-0.25, -0.2) is 13.1 Å². The van der Waals surface area contributed by atoms with Crippen LogP contribution >= 0.6 is 0 Å². The number of nitrogens with zero attached hydrogens (tertiary/aromatic N) is 2. The lowest BCUT2D eigenvalue weighted by Crippen LogP contribution is -2.37. The summed E-state index contributed by atoms with van der Waals surface area (Å²) in [6, 6.07) is 1.93. The molecule has 1 heterocycles. The molecular weight excluding hydrogens is 278 g/mol. The quantitative estimate of drug-likeness (QED) is 0.474. The first-order valence-corrected chi connectivity index (χ1v) is 8.01. The minimum Gasteiger partial charge on any atom is -0.323 e. The van der Waals surface area contributed by atoms with E-state index < -0.39 is 10.0 Å². The van der Waals surface area contributed by atoms with Gasteiger partial charge in [0.15, 0.2) is 0 Å². The lowest BCUT2D eigenvalue weighted by molar-refractivity contribution is 0.256. The second kappa shape index (κ2) is 7.53. The minimum atomic E-state index is -3.61. The molecule has 0 radical (unpaired) electrons. The average molecular weight is 301 g/mol. The minimum absolute atomic E-state index is 0.0497. The molecule has 8 heteroatoms. The molecule has 0 bridgehead atoms. The second-order valence-electron chi connectivity index (χ2n) is 4.65. The first kappa shape index (κ1) is 16.8. The van der Waals surface area contributed by atoms with Gasteiger partial charge in [0.05, 0.1) is 5.69 Å². The molecule has 0 fully saturated rings. The van der Waals surface area contributed by atoms with Gasteiger partial charge in [0.1, 0.15) is 4.90 Å². The van der Waals surface area contributed by atoms with Crippen molar-refractivity contribution in [1.29, 1.82) is 0 Å². The second-order valence-corrected chi connectivity index (χ2v) is 6.39. The van der Waals surface area contributed by atoms with Gasteiger partial charge in [0.2, 0.25) is 10.0 Å².